The Hall–Kier alpha value is -2.94. The van der Waals surface area contributed by atoms with Gasteiger partial charge in [-0.3, -0.25) is 9.59 Å². The third-order valence-corrected chi connectivity index (χ3v) is 4.56. The molecule has 0 saturated heterocycles. The molecule has 1 aromatic carbocycles. The minimum absolute atomic E-state index is 0.260. The summed E-state index contributed by atoms with van der Waals surface area (Å²) in [4.78, 5) is 24.7. The minimum atomic E-state index is -1.36. The number of carbonyl (C=O) groups excluding carboxylic acids is 2. The van der Waals surface area contributed by atoms with Crippen LogP contribution in [0, 0.1) is 17.2 Å². The maximum Gasteiger partial charge on any atom is 0.245 e. The number of hydrogen-bond donors (Lipinski definition) is 1. The van der Waals surface area contributed by atoms with E-state index < -0.39 is 17.6 Å². The number of hydrogen-bond acceptors (Lipinski definition) is 4. The quantitative estimate of drug-likeness (QED) is 0.527. The van der Waals surface area contributed by atoms with Gasteiger partial charge < -0.3 is 5.32 Å². The first kappa shape index (κ1) is 16.9. The van der Waals surface area contributed by atoms with Gasteiger partial charge in [-0.2, -0.15) is 10.4 Å². The lowest BCUT2D eigenvalue weighted by Crippen LogP contribution is -2.32. The predicted molar refractivity (Wildman–Crippen MR) is 92.3 cm³/mol. The number of fused-ring (bicyclic) bond motifs is 1. The van der Waals surface area contributed by atoms with Crippen LogP contribution in [0.5, 0.6) is 0 Å². The lowest BCUT2D eigenvalue weighted by Gasteiger charge is -2.06. The molecule has 6 nitrogen and oxygen atoms in total. The van der Waals surface area contributed by atoms with Crippen LogP contribution in [0.2, 0.25) is 0 Å². The largest absolute Gasteiger partial charge is 0.358 e. The highest BCUT2D eigenvalue weighted by molar-refractivity contribution is 6.11. The first-order valence-corrected chi connectivity index (χ1v) is 8.49. The van der Waals surface area contributed by atoms with Crippen molar-refractivity contribution in [3.8, 4) is 11.8 Å². The van der Waals surface area contributed by atoms with Gasteiger partial charge in [0.1, 0.15) is 5.69 Å². The SMILES string of the molecule is CNC(=O)[C@H](C#N)C(=O)c1nn(-c2ccccc2)c2c1CCCCC2. The molecule has 1 aromatic heterocycles. The van der Waals surface area contributed by atoms with Crippen LogP contribution >= 0.6 is 0 Å². The van der Waals surface area contributed by atoms with Crippen LogP contribution in [0.4, 0.5) is 0 Å². The van der Waals surface area contributed by atoms with Crippen LogP contribution < -0.4 is 5.32 Å². The second kappa shape index (κ2) is 7.31. The topological polar surface area (TPSA) is 87.8 Å². The molecule has 0 fully saturated rings. The van der Waals surface area contributed by atoms with E-state index in [2.05, 4.69) is 10.4 Å². The molecule has 128 valence electrons. The summed E-state index contributed by atoms with van der Waals surface area (Å²) in [6.45, 7) is 0. The lowest BCUT2D eigenvalue weighted by molar-refractivity contribution is -0.121. The van der Waals surface area contributed by atoms with Crippen molar-refractivity contribution in [3.05, 3.63) is 47.3 Å². The lowest BCUT2D eigenvalue weighted by atomic mass is 9.97. The molecule has 1 amide bonds. The highest BCUT2D eigenvalue weighted by Gasteiger charge is 2.33. The number of nitrogens with one attached hydrogen (secondary N) is 1. The summed E-state index contributed by atoms with van der Waals surface area (Å²) in [5.74, 6) is -2.48. The number of para-hydroxylation sites is 1. The van der Waals surface area contributed by atoms with E-state index in [0.29, 0.717) is 0 Å². The van der Waals surface area contributed by atoms with Gasteiger partial charge in [0.15, 0.2) is 5.92 Å². The van der Waals surface area contributed by atoms with Crippen molar-refractivity contribution < 1.29 is 9.59 Å². The van der Waals surface area contributed by atoms with Gasteiger partial charge in [-0.15, -0.1) is 0 Å². The molecule has 0 aliphatic heterocycles. The van der Waals surface area contributed by atoms with Crippen LogP contribution in [-0.4, -0.2) is 28.5 Å². The Morgan fingerprint density at radius 1 is 1.20 bits per heavy atom. The van der Waals surface area contributed by atoms with Crippen molar-refractivity contribution >= 4 is 11.7 Å². The molecule has 1 heterocycles. The normalized spacial score (nSPS) is 14.7. The molecular weight excluding hydrogens is 316 g/mol. The Morgan fingerprint density at radius 3 is 2.60 bits per heavy atom. The predicted octanol–water partition coefficient (Wildman–Crippen LogP) is 2.21. The number of benzene rings is 1. The second-order valence-corrected chi connectivity index (χ2v) is 6.12. The highest BCUT2D eigenvalue weighted by atomic mass is 16.2. The minimum Gasteiger partial charge on any atom is -0.358 e. The van der Waals surface area contributed by atoms with Crippen molar-refractivity contribution in [1.82, 2.24) is 15.1 Å². The summed E-state index contributed by atoms with van der Waals surface area (Å²) < 4.78 is 1.80. The van der Waals surface area contributed by atoms with E-state index in [1.54, 1.807) is 4.68 Å². The molecule has 0 radical (unpaired) electrons. The molecule has 1 aliphatic carbocycles. The summed E-state index contributed by atoms with van der Waals surface area (Å²) in [7, 11) is 1.42. The zero-order valence-corrected chi connectivity index (χ0v) is 14.2. The first-order chi connectivity index (χ1) is 12.2. The van der Waals surface area contributed by atoms with E-state index >= 15 is 0 Å². The first-order valence-electron chi connectivity index (χ1n) is 8.49. The Kier molecular flexibility index (Phi) is 4.94. The van der Waals surface area contributed by atoms with E-state index in [9.17, 15) is 14.9 Å². The summed E-state index contributed by atoms with van der Waals surface area (Å²) in [5, 5.41) is 16.2. The number of nitriles is 1. The van der Waals surface area contributed by atoms with Crippen molar-refractivity contribution in [3.63, 3.8) is 0 Å². The highest BCUT2D eigenvalue weighted by Crippen LogP contribution is 2.27. The number of rotatable bonds is 4. The maximum absolute atomic E-state index is 12.8. The van der Waals surface area contributed by atoms with E-state index in [4.69, 9.17) is 0 Å². The molecule has 0 spiro atoms. The van der Waals surface area contributed by atoms with E-state index in [1.165, 1.54) is 7.05 Å². The Balaban J connectivity index is 2.11. The van der Waals surface area contributed by atoms with Gasteiger partial charge in [0.05, 0.1) is 11.8 Å². The van der Waals surface area contributed by atoms with Crippen LogP contribution in [0.15, 0.2) is 30.3 Å². The zero-order valence-electron chi connectivity index (χ0n) is 14.2. The fourth-order valence-corrected chi connectivity index (χ4v) is 3.27. The van der Waals surface area contributed by atoms with Crippen molar-refractivity contribution in [1.29, 1.82) is 5.26 Å². The molecule has 0 unspecified atom stereocenters. The molecular formula is C19H20N4O2. The monoisotopic (exact) mass is 336 g/mol. The smallest absolute Gasteiger partial charge is 0.245 e. The third kappa shape index (κ3) is 3.18. The number of amides is 1. The number of aromatic nitrogens is 2. The summed E-state index contributed by atoms with van der Waals surface area (Å²) in [6, 6.07) is 11.5. The van der Waals surface area contributed by atoms with Crippen molar-refractivity contribution in [2.24, 2.45) is 5.92 Å². The molecule has 25 heavy (non-hydrogen) atoms. The zero-order chi connectivity index (χ0) is 17.8. The van der Waals surface area contributed by atoms with Gasteiger partial charge in [-0.25, -0.2) is 4.68 Å². The van der Waals surface area contributed by atoms with E-state index in [1.807, 2.05) is 36.4 Å². The van der Waals surface area contributed by atoms with Gasteiger partial charge in [0.2, 0.25) is 11.7 Å². The van der Waals surface area contributed by atoms with Crippen LogP contribution in [-0.2, 0) is 17.6 Å². The molecule has 6 heteroatoms. The van der Waals surface area contributed by atoms with E-state index in [-0.39, 0.29) is 5.69 Å². The number of nitrogens with zero attached hydrogens (tertiary/aromatic N) is 3. The number of carbonyl (C=O) groups is 2. The van der Waals surface area contributed by atoms with Crippen LogP contribution in [0.25, 0.3) is 5.69 Å². The van der Waals surface area contributed by atoms with E-state index in [0.717, 1.165) is 49.0 Å². The van der Waals surface area contributed by atoms with Crippen LogP contribution in [0.3, 0.4) is 0 Å². The molecule has 0 saturated carbocycles. The second-order valence-electron chi connectivity index (χ2n) is 6.12. The standard InChI is InChI=1S/C19H20N4O2/c1-21-19(25)15(12-20)18(24)17-14-10-6-3-7-11-16(14)23(22-17)13-8-4-2-5-9-13/h2,4-5,8-9,15H,3,6-7,10-11H2,1H3,(H,21,25)/t15-/m1/s1. The Bertz CT molecular complexity index is 833. The van der Waals surface area contributed by atoms with Crippen molar-refractivity contribution in [2.75, 3.05) is 7.05 Å². The summed E-state index contributed by atoms with van der Waals surface area (Å²) in [5.41, 5.74) is 3.04. The summed E-state index contributed by atoms with van der Waals surface area (Å²) >= 11 is 0. The third-order valence-electron chi connectivity index (χ3n) is 4.56. The number of Topliss-reactive ketones (excluding diaryl/α,β-unsaturated/α-hetero) is 1. The Morgan fingerprint density at radius 2 is 1.92 bits per heavy atom. The van der Waals surface area contributed by atoms with Gasteiger partial charge in [-0.1, -0.05) is 24.6 Å². The molecule has 1 aliphatic rings. The average Bonchev–Trinajstić information content (AvgIpc) is 2.83. The van der Waals surface area contributed by atoms with Gasteiger partial charge in [0.25, 0.3) is 0 Å². The molecule has 2 aromatic rings. The molecule has 1 N–H and O–H groups in total. The fourth-order valence-electron chi connectivity index (χ4n) is 3.27. The summed E-state index contributed by atoms with van der Waals surface area (Å²) in [6.07, 6.45) is 4.69. The Labute approximate surface area is 146 Å². The van der Waals surface area contributed by atoms with Gasteiger partial charge >= 0.3 is 0 Å². The maximum atomic E-state index is 12.8. The van der Waals surface area contributed by atoms with Crippen LogP contribution in [0.1, 0.15) is 41.0 Å². The van der Waals surface area contributed by atoms with Crippen molar-refractivity contribution in [2.45, 2.75) is 32.1 Å². The molecule has 1 atom stereocenters. The molecule has 3 rings (SSSR count). The fraction of sp³-hybridized carbons (Fsp3) is 0.368. The average molecular weight is 336 g/mol. The van der Waals surface area contributed by atoms with Gasteiger partial charge in [0, 0.05) is 18.3 Å². The number of ketones is 1. The van der Waals surface area contributed by atoms with Gasteiger partial charge in [-0.05, 0) is 37.8 Å². The molecule has 0 bridgehead atoms.